The number of ether oxygens (including phenoxy) is 1. The highest BCUT2D eigenvalue weighted by Crippen LogP contribution is 2.20. The Balaban J connectivity index is 2.76. The molecule has 0 spiro atoms. The van der Waals surface area contributed by atoms with Crippen molar-refractivity contribution in [3.63, 3.8) is 0 Å². The first-order chi connectivity index (χ1) is 5.90. The van der Waals surface area contributed by atoms with E-state index in [0.717, 1.165) is 0 Å². The molecule has 1 rings (SSSR count). The Morgan fingerprint density at radius 2 is 2.23 bits per heavy atom. The summed E-state index contributed by atoms with van der Waals surface area (Å²) in [6.07, 6.45) is 0. The number of rotatable bonds is 1. The third-order valence-electron chi connectivity index (χ3n) is 1.12. The fraction of sp³-hybridized carbons (Fsp3) is 0.500. The topological polar surface area (TPSA) is 39.2 Å². The van der Waals surface area contributed by atoms with Gasteiger partial charge in [0, 0.05) is 5.38 Å². The number of hydrogen-bond acceptors (Lipinski definition) is 4. The second-order valence-corrected chi connectivity index (χ2v) is 5.00. The minimum absolute atomic E-state index is 0.347. The maximum absolute atomic E-state index is 11.4. The summed E-state index contributed by atoms with van der Waals surface area (Å²) in [5, 5.41) is 1.75. The monoisotopic (exact) mass is 263 g/mol. The van der Waals surface area contributed by atoms with Crippen molar-refractivity contribution in [2.45, 2.75) is 26.4 Å². The van der Waals surface area contributed by atoms with Gasteiger partial charge in [0.15, 0.2) is 5.69 Å². The van der Waals surface area contributed by atoms with Gasteiger partial charge in [-0.15, -0.1) is 0 Å². The highest BCUT2D eigenvalue weighted by molar-refractivity contribution is 9.10. The minimum Gasteiger partial charge on any atom is -0.455 e. The lowest BCUT2D eigenvalue weighted by atomic mass is 10.2. The van der Waals surface area contributed by atoms with Crippen LogP contribution in [0.4, 0.5) is 0 Å². The number of nitrogens with zero attached hydrogens (tertiary/aromatic N) is 1. The molecule has 72 valence electrons. The van der Waals surface area contributed by atoms with Crippen LogP contribution in [0.25, 0.3) is 0 Å². The predicted molar refractivity (Wildman–Crippen MR) is 55.0 cm³/mol. The summed E-state index contributed by atoms with van der Waals surface area (Å²) >= 11 is 4.44. The lowest BCUT2D eigenvalue weighted by Crippen LogP contribution is -2.24. The van der Waals surface area contributed by atoms with E-state index < -0.39 is 5.60 Å². The van der Waals surface area contributed by atoms with Gasteiger partial charge in [-0.2, -0.15) is 4.37 Å². The van der Waals surface area contributed by atoms with Gasteiger partial charge in [-0.1, -0.05) is 0 Å². The van der Waals surface area contributed by atoms with Crippen LogP contribution in [0, 0.1) is 0 Å². The highest BCUT2D eigenvalue weighted by Gasteiger charge is 2.21. The third kappa shape index (κ3) is 3.08. The molecule has 0 saturated carbocycles. The molecule has 0 aromatic carbocycles. The van der Waals surface area contributed by atoms with Gasteiger partial charge in [-0.25, -0.2) is 4.79 Å². The van der Waals surface area contributed by atoms with Crippen LogP contribution in [0.15, 0.2) is 9.85 Å². The molecule has 0 saturated heterocycles. The minimum atomic E-state index is -0.472. The summed E-state index contributed by atoms with van der Waals surface area (Å²) in [6.45, 7) is 5.47. The lowest BCUT2D eigenvalue weighted by Gasteiger charge is -2.18. The normalized spacial score (nSPS) is 11.4. The van der Waals surface area contributed by atoms with Gasteiger partial charge >= 0.3 is 5.97 Å². The average Bonchev–Trinajstić information content (AvgIpc) is 2.30. The molecule has 0 aliphatic heterocycles. The first-order valence-electron chi connectivity index (χ1n) is 3.73. The Bertz CT molecular complexity index is 316. The van der Waals surface area contributed by atoms with E-state index in [-0.39, 0.29) is 5.97 Å². The zero-order chi connectivity index (χ0) is 10.1. The molecule has 1 aromatic rings. The number of halogens is 1. The second-order valence-electron chi connectivity index (χ2n) is 3.51. The van der Waals surface area contributed by atoms with Crippen molar-refractivity contribution in [1.82, 2.24) is 4.37 Å². The number of aromatic nitrogens is 1. The average molecular weight is 264 g/mol. The van der Waals surface area contributed by atoms with E-state index in [0.29, 0.717) is 10.2 Å². The Labute approximate surface area is 89.4 Å². The van der Waals surface area contributed by atoms with Gasteiger partial charge in [-0.3, -0.25) is 0 Å². The number of esters is 1. The van der Waals surface area contributed by atoms with Crippen molar-refractivity contribution in [1.29, 1.82) is 0 Å². The maximum Gasteiger partial charge on any atom is 0.359 e. The summed E-state index contributed by atoms with van der Waals surface area (Å²) < 4.78 is 9.75. The first-order valence-corrected chi connectivity index (χ1v) is 5.36. The molecule has 13 heavy (non-hydrogen) atoms. The number of carbonyl (C=O) groups is 1. The Morgan fingerprint density at radius 1 is 1.62 bits per heavy atom. The van der Waals surface area contributed by atoms with Gasteiger partial charge in [0.25, 0.3) is 0 Å². The lowest BCUT2D eigenvalue weighted by molar-refractivity contribution is 0.00632. The molecule has 0 fully saturated rings. The van der Waals surface area contributed by atoms with Gasteiger partial charge in [0.1, 0.15) is 5.60 Å². The van der Waals surface area contributed by atoms with Crippen molar-refractivity contribution in [2.75, 3.05) is 0 Å². The van der Waals surface area contributed by atoms with Crippen molar-refractivity contribution < 1.29 is 9.53 Å². The van der Waals surface area contributed by atoms with E-state index in [4.69, 9.17) is 4.74 Å². The summed E-state index contributed by atoms with van der Waals surface area (Å²) in [5.74, 6) is -0.388. The Kier molecular flexibility index (Phi) is 3.08. The largest absolute Gasteiger partial charge is 0.455 e. The quantitative estimate of drug-likeness (QED) is 0.732. The summed E-state index contributed by atoms with van der Waals surface area (Å²) in [5.41, 5.74) is -0.125. The van der Waals surface area contributed by atoms with Crippen molar-refractivity contribution in [3.05, 3.63) is 15.5 Å². The van der Waals surface area contributed by atoms with Crippen LogP contribution < -0.4 is 0 Å². The maximum atomic E-state index is 11.4. The highest BCUT2D eigenvalue weighted by atomic mass is 79.9. The van der Waals surface area contributed by atoms with Gasteiger partial charge in [0.2, 0.25) is 0 Å². The standard InChI is InChI=1S/C8H10BrNO2S/c1-8(2,3)12-7(11)6-5(9)4-13-10-6/h4H,1-3H3. The fourth-order valence-corrected chi connectivity index (χ4v) is 1.84. The van der Waals surface area contributed by atoms with Crippen LogP contribution in [0.5, 0.6) is 0 Å². The van der Waals surface area contributed by atoms with E-state index in [1.54, 1.807) is 5.38 Å². The molecular formula is C8H10BrNO2S. The zero-order valence-electron chi connectivity index (χ0n) is 7.63. The summed E-state index contributed by atoms with van der Waals surface area (Å²) in [7, 11) is 0. The van der Waals surface area contributed by atoms with Crippen LogP contribution >= 0.6 is 27.5 Å². The number of carbonyl (C=O) groups excluding carboxylic acids is 1. The van der Waals surface area contributed by atoms with Gasteiger partial charge in [-0.05, 0) is 48.2 Å². The molecule has 5 heteroatoms. The molecule has 0 bridgehead atoms. The van der Waals surface area contributed by atoms with E-state index in [2.05, 4.69) is 20.3 Å². The molecule has 0 aliphatic rings. The molecule has 3 nitrogen and oxygen atoms in total. The predicted octanol–water partition coefficient (Wildman–Crippen LogP) is 2.86. The van der Waals surface area contributed by atoms with E-state index in [9.17, 15) is 4.79 Å². The number of hydrogen-bond donors (Lipinski definition) is 0. The van der Waals surface area contributed by atoms with Crippen LogP contribution in [-0.2, 0) is 4.74 Å². The van der Waals surface area contributed by atoms with Crippen molar-refractivity contribution in [3.8, 4) is 0 Å². The Hall–Kier alpha value is -0.420. The van der Waals surface area contributed by atoms with Gasteiger partial charge in [0.05, 0.1) is 4.47 Å². The van der Waals surface area contributed by atoms with E-state index >= 15 is 0 Å². The molecule has 1 heterocycles. The molecule has 1 aromatic heterocycles. The molecule has 0 radical (unpaired) electrons. The van der Waals surface area contributed by atoms with Gasteiger partial charge < -0.3 is 4.74 Å². The third-order valence-corrected chi connectivity index (χ3v) is 2.66. The second kappa shape index (κ2) is 3.75. The zero-order valence-corrected chi connectivity index (χ0v) is 10.0. The molecule has 0 N–H and O–H groups in total. The van der Waals surface area contributed by atoms with E-state index in [1.165, 1.54) is 11.5 Å². The SMILES string of the molecule is CC(C)(C)OC(=O)c1nscc1Br. The smallest absolute Gasteiger partial charge is 0.359 e. The van der Waals surface area contributed by atoms with Crippen LogP contribution in [0.1, 0.15) is 31.3 Å². The van der Waals surface area contributed by atoms with Crippen LogP contribution in [-0.4, -0.2) is 15.9 Å². The molecule has 0 unspecified atom stereocenters. The summed E-state index contributed by atoms with van der Waals surface area (Å²) in [4.78, 5) is 11.4. The molecule has 0 atom stereocenters. The summed E-state index contributed by atoms with van der Waals surface area (Å²) in [6, 6.07) is 0. The first kappa shape index (κ1) is 10.7. The van der Waals surface area contributed by atoms with Crippen LogP contribution in [0.3, 0.4) is 0 Å². The molecular weight excluding hydrogens is 254 g/mol. The fourth-order valence-electron chi connectivity index (χ4n) is 0.686. The molecule has 0 aliphatic carbocycles. The van der Waals surface area contributed by atoms with E-state index in [1.807, 2.05) is 20.8 Å². The van der Waals surface area contributed by atoms with Crippen LogP contribution in [0.2, 0.25) is 0 Å². The van der Waals surface area contributed by atoms with Crippen molar-refractivity contribution >= 4 is 33.4 Å². The van der Waals surface area contributed by atoms with Crippen molar-refractivity contribution in [2.24, 2.45) is 0 Å². The Morgan fingerprint density at radius 3 is 2.62 bits per heavy atom. The molecule has 0 amide bonds.